The fourth-order valence-electron chi connectivity index (χ4n) is 4.07. The number of likely N-dealkylation sites (tertiary alicyclic amines) is 1. The van der Waals surface area contributed by atoms with Crippen molar-refractivity contribution in [3.63, 3.8) is 0 Å². The lowest BCUT2D eigenvalue weighted by atomic mass is 9.91. The first-order valence-corrected chi connectivity index (χ1v) is 10.5. The molecule has 0 bridgehead atoms. The number of alkyl halides is 6. The molecule has 2 aromatic rings. The van der Waals surface area contributed by atoms with Gasteiger partial charge < -0.3 is 16.0 Å². The van der Waals surface area contributed by atoms with Crippen LogP contribution in [0.1, 0.15) is 39.9 Å². The summed E-state index contributed by atoms with van der Waals surface area (Å²) in [6.45, 7) is 0.00357. The Morgan fingerprint density at radius 3 is 2.09 bits per heavy atom. The van der Waals surface area contributed by atoms with Crippen molar-refractivity contribution in [1.82, 2.24) is 10.2 Å². The van der Waals surface area contributed by atoms with Crippen LogP contribution in [0.4, 0.5) is 26.3 Å². The molecule has 184 valence electrons. The monoisotopic (exact) mass is 487 g/mol. The minimum atomic E-state index is -5.05. The summed E-state index contributed by atoms with van der Waals surface area (Å²) in [6, 6.07) is 9.19. The number of piperidine rings is 1. The molecule has 5 nitrogen and oxygen atoms in total. The lowest BCUT2D eigenvalue weighted by molar-refractivity contribution is -0.143. The molecule has 0 aromatic heterocycles. The maximum atomic E-state index is 13.3. The fourth-order valence-corrected chi connectivity index (χ4v) is 4.07. The second-order valence-corrected chi connectivity index (χ2v) is 8.21. The molecule has 3 rings (SSSR count). The highest BCUT2D eigenvalue weighted by molar-refractivity contribution is 5.95. The van der Waals surface area contributed by atoms with E-state index in [1.165, 1.54) is 4.90 Å². The van der Waals surface area contributed by atoms with Crippen LogP contribution in [0, 0.1) is 0 Å². The largest absolute Gasteiger partial charge is 0.416 e. The normalized spacial score (nSPS) is 19.2. The molecule has 2 aromatic carbocycles. The predicted octanol–water partition coefficient (Wildman–Crippen LogP) is 4.02. The Morgan fingerprint density at radius 1 is 0.971 bits per heavy atom. The summed E-state index contributed by atoms with van der Waals surface area (Å²) in [7, 11) is 0. The molecule has 2 unspecified atom stereocenters. The summed E-state index contributed by atoms with van der Waals surface area (Å²) in [6.07, 6.45) is -9.06. The third-order valence-corrected chi connectivity index (χ3v) is 5.69. The fraction of sp³-hybridized carbons (Fsp3) is 0.391. The number of nitrogens with one attached hydrogen (secondary N) is 1. The third-order valence-electron chi connectivity index (χ3n) is 5.69. The number of nitrogens with two attached hydrogens (primary N) is 1. The number of primary amides is 1. The van der Waals surface area contributed by atoms with Crippen LogP contribution in [0.25, 0.3) is 0 Å². The van der Waals surface area contributed by atoms with E-state index in [9.17, 15) is 35.9 Å². The topological polar surface area (TPSA) is 75.4 Å². The SMILES string of the molecule is NC(=O)CNC1CCN(C(=O)c2cc(C(F)(F)F)cc(C(F)(F)F)c2)C(Cc2ccccc2)C1. The number of carbonyl (C=O) groups is 2. The van der Waals surface area contributed by atoms with Crippen molar-refractivity contribution in [2.45, 2.75) is 43.7 Å². The van der Waals surface area contributed by atoms with E-state index in [0.29, 0.717) is 31.4 Å². The molecule has 0 radical (unpaired) electrons. The Bertz CT molecular complexity index is 991. The number of rotatable bonds is 6. The molecular weight excluding hydrogens is 464 g/mol. The van der Waals surface area contributed by atoms with E-state index in [0.717, 1.165) is 5.56 Å². The Hall–Kier alpha value is -3.08. The molecule has 3 N–H and O–H groups in total. The summed E-state index contributed by atoms with van der Waals surface area (Å²) in [5.41, 5.74) is 2.26. The first-order valence-electron chi connectivity index (χ1n) is 10.5. The Kier molecular flexibility index (Phi) is 7.54. The average molecular weight is 487 g/mol. The summed E-state index contributed by atoms with van der Waals surface area (Å²) in [5, 5.41) is 2.98. The molecule has 0 aliphatic carbocycles. The van der Waals surface area contributed by atoms with Crippen LogP contribution in [0.5, 0.6) is 0 Å². The van der Waals surface area contributed by atoms with Gasteiger partial charge in [0.15, 0.2) is 0 Å². The zero-order valence-corrected chi connectivity index (χ0v) is 17.9. The van der Waals surface area contributed by atoms with Gasteiger partial charge in [0, 0.05) is 24.2 Å². The molecular formula is C23H23F6N3O2. The summed E-state index contributed by atoms with van der Waals surface area (Å²) in [5.74, 6) is -1.48. The Balaban J connectivity index is 1.93. The quantitative estimate of drug-likeness (QED) is 0.605. The van der Waals surface area contributed by atoms with E-state index in [4.69, 9.17) is 5.73 Å². The minimum absolute atomic E-state index is 0.00177. The molecule has 0 spiro atoms. The van der Waals surface area contributed by atoms with Gasteiger partial charge in [-0.15, -0.1) is 0 Å². The van der Waals surface area contributed by atoms with E-state index in [1.807, 2.05) is 12.1 Å². The number of halogens is 6. The van der Waals surface area contributed by atoms with Crippen molar-refractivity contribution in [3.05, 3.63) is 70.8 Å². The molecule has 34 heavy (non-hydrogen) atoms. The van der Waals surface area contributed by atoms with Crippen molar-refractivity contribution < 1.29 is 35.9 Å². The number of hydrogen-bond acceptors (Lipinski definition) is 3. The molecule has 1 heterocycles. The molecule has 0 saturated carbocycles. The zero-order valence-electron chi connectivity index (χ0n) is 17.9. The third kappa shape index (κ3) is 6.49. The smallest absolute Gasteiger partial charge is 0.369 e. The molecule has 1 saturated heterocycles. The first kappa shape index (κ1) is 25.5. The second kappa shape index (κ2) is 10.0. The average Bonchev–Trinajstić information content (AvgIpc) is 2.76. The lowest BCUT2D eigenvalue weighted by Gasteiger charge is -2.40. The van der Waals surface area contributed by atoms with E-state index in [-0.39, 0.29) is 25.2 Å². The standard InChI is InChI=1S/C23H23F6N3O2/c24-22(25,26)16-9-15(10-17(11-16)23(27,28)29)21(34)32-7-6-18(31-13-20(30)33)12-19(32)8-14-4-2-1-3-5-14/h1-5,9-11,18-19,31H,6-8,12-13H2,(H2,30,33). The number of nitrogens with zero attached hydrogens (tertiary/aromatic N) is 1. The van der Waals surface area contributed by atoms with Gasteiger partial charge in [-0.25, -0.2) is 0 Å². The van der Waals surface area contributed by atoms with Crippen LogP contribution >= 0.6 is 0 Å². The second-order valence-electron chi connectivity index (χ2n) is 8.21. The van der Waals surface area contributed by atoms with E-state index < -0.39 is 46.9 Å². The number of amides is 2. The molecule has 2 atom stereocenters. The van der Waals surface area contributed by atoms with Gasteiger partial charge in [0.05, 0.1) is 17.7 Å². The number of benzene rings is 2. The summed E-state index contributed by atoms with van der Waals surface area (Å²) < 4.78 is 79.6. The molecule has 1 aliphatic heterocycles. The first-order chi connectivity index (χ1) is 15.8. The highest BCUT2D eigenvalue weighted by Gasteiger charge is 2.39. The van der Waals surface area contributed by atoms with Crippen molar-refractivity contribution in [1.29, 1.82) is 0 Å². The van der Waals surface area contributed by atoms with Gasteiger partial charge in [-0.2, -0.15) is 26.3 Å². The van der Waals surface area contributed by atoms with Crippen LogP contribution in [-0.4, -0.2) is 41.9 Å². The molecule has 1 fully saturated rings. The number of hydrogen-bond donors (Lipinski definition) is 2. The number of carbonyl (C=O) groups excluding carboxylic acids is 2. The van der Waals surface area contributed by atoms with Crippen LogP contribution < -0.4 is 11.1 Å². The Morgan fingerprint density at radius 2 is 1.56 bits per heavy atom. The van der Waals surface area contributed by atoms with Crippen molar-refractivity contribution in [3.8, 4) is 0 Å². The van der Waals surface area contributed by atoms with Gasteiger partial charge >= 0.3 is 12.4 Å². The maximum Gasteiger partial charge on any atom is 0.416 e. The van der Waals surface area contributed by atoms with Gasteiger partial charge in [-0.1, -0.05) is 30.3 Å². The summed E-state index contributed by atoms with van der Waals surface area (Å²) >= 11 is 0. The van der Waals surface area contributed by atoms with Crippen molar-refractivity contribution in [2.75, 3.05) is 13.1 Å². The van der Waals surface area contributed by atoms with Gasteiger partial charge in [-0.3, -0.25) is 9.59 Å². The van der Waals surface area contributed by atoms with E-state index in [1.54, 1.807) is 18.2 Å². The van der Waals surface area contributed by atoms with Gasteiger partial charge in [0.1, 0.15) is 0 Å². The lowest BCUT2D eigenvalue weighted by Crippen LogP contribution is -2.52. The van der Waals surface area contributed by atoms with Crippen molar-refractivity contribution in [2.24, 2.45) is 5.73 Å². The van der Waals surface area contributed by atoms with Crippen LogP contribution in [0.2, 0.25) is 0 Å². The molecule has 11 heteroatoms. The van der Waals surface area contributed by atoms with Gasteiger partial charge in [0.2, 0.25) is 5.91 Å². The van der Waals surface area contributed by atoms with Crippen LogP contribution in [0.15, 0.2) is 48.5 Å². The molecule has 1 aliphatic rings. The van der Waals surface area contributed by atoms with E-state index in [2.05, 4.69) is 5.32 Å². The minimum Gasteiger partial charge on any atom is -0.369 e. The highest BCUT2D eigenvalue weighted by Crippen LogP contribution is 2.37. The predicted molar refractivity (Wildman–Crippen MR) is 112 cm³/mol. The Labute approximate surface area is 191 Å². The van der Waals surface area contributed by atoms with Crippen LogP contribution in [0.3, 0.4) is 0 Å². The van der Waals surface area contributed by atoms with Gasteiger partial charge in [0.25, 0.3) is 5.91 Å². The zero-order chi connectivity index (χ0) is 25.1. The van der Waals surface area contributed by atoms with Gasteiger partial charge in [-0.05, 0) is 43.0 Å². The summed E-state index contributed by atoms with van der Waals surface area (Å²) in [4.78, 5) is 25.6. The van der Waals surface area contributed by atoms with E-state index >= 15 is 0 Å². The molecule has 2 amide bonds. The maximum absolute atomic E-state index is 13.3. The van der Waals surface area contributed by atoms with Crippen molar-refractivity contribution >= 4 is 11.8 Å². The van der Waals surface area contributed by atoms with Crippen LogP contribution in [-0.2, 0) is 23.6 Å². The highest BCUT2D eigenvalue weighted by atomic mass is 19.4.